The Balaban J connectivity index is 1.41. The molecule has 2 N–H and O–H groups in total. The standard InChI is InChI=1S/C29H26ClN3O6/c1-3-15-39-23-10-5-4-9-22(23)32-24(34)16-18-11-13-20(14-12-18)31-26-25(30)27(35)33(28(26)36)21-8-6-7-19(17-21)29(37)38-2/h4-14,17,31H,3,15-16H2,1-2H3,(H,32,34). The number of amides is 3. The maximum absolute atomic E-state index is 13.1. The lowest BCUT2D eigenvalue weighted by Crippen LogP contribution is -2.32. The zero-order valence-corrected chi connectivity index (χ0v) is 22.1. The average Bonchev–Trinajstić information content (AvgIpc) is 3.15. The van der Waals surface area contributed by atoms with Crippen molar-refractivity contribution in [3.05, 3.63) is 94.7 Å². The van der Waals surface area contributed by atoms with E-state index in [-0.39, 0.29) is 34.3 Å². The van der Waals surface area contributed by atoms with Crippen LogP contribution in [0.15, 0.2) is 83.5 Å². The number of carbonyl (C=O) groups excluding carboxylic acids is 4. The van der Waals surface area contributed by atoms with Crippen molar-refractivity contribution in [2.24, 2.45) is 0 Å². The first-order valence-electron chi connectivity index (χ1n) is 12.2. The second kappa shape index (κ2) is 12.3. The summed E-state index contributed by atoms with van der Waals surface area (Å²) in [6, 6.07) is 20.0. The molecule has 200 valence electrons. The topological polar surface area (TPSA) is 114 Å². The summed E-state index contributed by atoms with van der Waals surface area (Å²) >= 11 is 6.22. The second-order valence-electron chi connectivity index (χ2n) is 8.57. The Hall–Kier alpha value is -4.63. The van der Waals surface area contributed by atoms with E-state index in [2.05, 4.69) is 10.6 Å². The molecule has 9 nitrogen and oxygen atoms in total. The van der Waals surface area contributed by atoms with Crippen LogP contribution in [0.1, 0.15) is 29.3 Å². The van der Waals surface area contributed by atoms with E-state index < -0.39 is 17.8 Å². The number of para-hydroxylation sites is 2. The van der Waals surface area contributed by atoms with Crippen molar-refractivity contribution in [2.75, 3.05) is 29.3 Å². The molecule has 1 aliphatic rings. The van der Waals surface area contributed by atoms with Crippen molar-refractivity contribution in [3.63, 3.8) is 0 Å². The van der Waals surface area contributed by atoms with Gasteiger partial charge in [0.15, 0.2) is 0 Å². The predicted octanol–water partition coefficient (Wildman–Crippen LogP) is 4.88. The molecule has 1 aliphatic heterocycles. The molecule has 0 radical (unpaired) electrons. The number of hydrogen-bond acceptors (Lipinski definition) is 7. The lowest BCUT2D eigenvalue weighted by Gasteiger charge is -2.16. The summed E-state index contributed by atoms with van der Waals surface area (Å²) in [5, 5.41) is 5.48. The lowest BCUT2D eigenvalue weighted by atomic mass is 10.1. The third kappa shape index (κ3) is 6.27. The first-order valence-corrected chi connectivity index (χ1v) is 12.5. The zero-order valence-electron chi connectivity index (χ0n) is 21.3. The highest BCUT2D eigenvalue weighted by atomic mass is 35.5. The summed E-state index contributed by atoms with van der Waals surface area (Å²) in [6.45, 7) is 2.56. The number of anilines is 3. The normalized spacial score (nSPS) is 12.9. The number of rotatable bonds is 10. The summed E-state index contributed by atoms with van der Waals surface area (Å²) in [7, 11) is 1.24. The number of halogens is 1. The van der Waals surface area contributed by atoms with Crippen LogP contribution >= 0.6 is 11.6 Å². The zero-order chi connectivity index (χ0) is 27.9. The first-order chi connectivity index (χ1) is 18.8. The smallest absolute Gasteiger partial charge is 0.337 e. The van der Waals surface area contributed by atoms with E-state index >= 15 is 0 Å². The van der Waals surface area contributed by atoms with Crippen LogP contribution in [0.2, 0.25) is 0 Å². The molecule has 0 saturated heterocycles. The average molecular weight is 548 g/mol. The molecular weight excluding hydrogens is 522 g/mol. The van der Waals surface area contributed by atoms with E-state index in [4.69, 9.17) is 21.1 Å². The Morgan fingerprint density at radius 1 is 0.949 bits per heavy atom. The molecule has 0 aromatic heterocycles. The molecule has 0 unspecified atom stereocenters. The molecule has 1 heterocycles. The van der Waals surface area contributed by atoms with Crippen LogP contribution in [0.3, 0.4) is 0 Å². The molecule has 39 heavy (non-hydrogen) atoms. The van der Waals surface area contributed by atoms with E-state index in [1.807, 2.05) is 19.1 Å². The van der Waals surface area contributed by atoms with E-state index in [1.165, 1.54) is 31.4 Å². The van der Waals surface area contributed by atoms with Crippen LogP contribution < -0.4 is 20.3 Å². The monoisotopic (exact) mass is 547 g/mol. The molecule has 3 aromatic rings. The number of nitrogens with zero attached hydrogens (tertiary/aromatic N) is 1. The van der Waals surface area contributed by atoms with Gasteiger partial charge in [0, 0.05) is 5.69 Å². The van der Waals surface area contributed by atoms with E-state index in [0.717, 1.165) is 16.9 Å². The van der Waals surface area contributed by atoms with Crippen LogP contribution in [-0.4, -0.2) is 37.4 Å². The highest BCUT2D eigenvalue weighted by Gasteiger charge is 2.39. The number of imide groups is 1. The molecule has 0 aliphatic carbocycles. The Morgan fingerprint density at radius 3 is 2.41 bits per heavy atom. The first kappa shape index (κ1) is 27.4. The minimum Gasteiger partial charge on any atom is -0.491 e. The Kier molecular flexibility index (Phi) is 8.63. The molecule has 0 atom stereocenters. The molecule has 0 fully saturated rings. The number of ether oxygens (including phenoxy) is 2. The number of hydrogen-bond donors (Lipinski definition) is 2. The van der Waals surface area contributed by atoms with Crippen molar-refractivity contribution in [1.29, 1.82) is 0 Å². The van der Waals surface area contributed by atoms with Crippen molar-refractivity contribution in [2.45, 2.75) is 19.8 Å². The predicted molar refractivity (Wildman–Crippen MR) is 148 cm³/mol. The van der Waals surface area contributed by atoms with Gasteiger partial charge in [-0.3, -0.25) is 14.4 Å². The molecule has 3 aromatic carbocycles. The summed E-state index contributed by atoms with van der Waals surface area (Å²) in [5.74, 6) is -1.59. The van der Waals surface area contributed by atoms with Gasteiger partial charge in [0.2, 0.25) is 5.91 Å². The number of carbonyl (C=O) groups is 4. The van der Waals surface area contributed by atoms with Crippen LogP contribution in [0.25, 0.3) is 0 Å². The maximum atomic E-state index is 13.1. The van der Waals surface area contributed by atoms with E-state index in [1.54, 1.807) is 36.4 Å². The minimum absolute atomic E-state index is 0.0979. The largest absolute Gasteiger partial charge is 0.491 e. The van der Waals surface area contributed by atoms with Gasteiger partial charge in [0.05, 0.1) is 37.1 Å². The van der Waals surface area contributed by atoms with Crippen molar-refractivity contribution < 1.29 is 28.7 Å². The van der Waals surface area contributed by atoms with Crippen LogP contribution in [-0.2, 0) is 25.5 Å². The van der Waals surface area contributed by atoms with E-state index in [9.17, 15) is 19.2 Å². The summed E-state index contributed by atoms with van der Waals surface area (Å²) in [4.78, 5) is 51.2. The Morgan fingerprint density at radius 2 is 1.69 bits per heavy atom. The summed E-state index contributed by atoms with van der Waals surface area (Å²) in [5.41, 5.74) is 2.11. The van der Waals surface area contributed by atoms with Gasteiger partial charge >= 0.3 is 5.97 Å². The fourth-order valence-electron chi connectivity index (χ4n) is 3.87. The van der Waals surface area contributed by atoms with Crippen molar-refractivity contribution in [1.82, 2.24) is 0 Å². The minimum atomic E-state index is -0.720. The van der Waals surface area contributed by atoms with Crippen LogP contribution in [0.5, 0.6) is 5.75 Å². The Bertz CT molecular complexity index is 1450. The van der Waals surface area contributed by atoms with Crippen LogP contribution in [0, 0.1) is 0 Å². The van der Waals surface area contributed by atoms with Gasteiger partial charge in [-0.05, 0) is 54.4 Å². The second-order valence-corrected chi connectivity index (χ2v) is 8.95. The van der Waals surface area contributed by atoms with Gasteiger partial charge in [-0.1, -0.05) is 48.9 Å². The third-order valence-electron chi connectivity index (χ3n) is 5.76. The van der Waals surface area contributed by atoms with E-state index in [0.29, 0.717) is 23.7 Å². The molecule has 3 amide bonds. The Labute approximate surface area is 230 Å². The van der Waals surface area contributed by atoms with Crippen molar-refractivity contribution in [3.8, 4) is 5.75 Å². The number of methoxy groups -OCH3 is 1. The molecule has 0 saturated carbocycles. The highest BCUT2D eigenvalue weighted by molar-refractivity contribution is 6.53. The van der Waals surface area contributed by atoms with Gasteiger partial charge in [0.1, 0.15) is 16.5 Å². The highest BCUT2D eigenvalue weighted by Crippen LogP contribution is 2.31. The van der Waals surface area contributed by atoms with Gasteiger partial charge in [0.25, 0.3) is 11.8 Å². The van der Waals surface area contributed by atoms with Gasteiger partial charge in [-0.25, -0.2) is 9.69 Å². The number of benzene rings is 3. The quantitative estimate of drug-likeness (QED) is 0.275. The van der Waals surface area contributed by atoms with Gasteiger partial charge in [-0.15, -0.1) is 0 Å². The molecule has 0 bridgehead atoms. The SMILES string of the molecule is CCCOc1ccccc1NC(=O)Cc1ccc(NC2=C(Cl)C(=O)N(c3cccc(C(=O)OC)c3)C2=O)cc1. The molecule has 4 rings (SSSR count). The fourth-order valence-corrected chi connectivity index (χ4v) is 4.09. The summed E-state index contributed by atoms with van der Waals surface area (Å²) in [6.07, 6.45) is 0.971. The van der Waals surface area contributed by atoms with Gasteiger partial charge in [-0.2, -0.15) is 0 Å². The maximum Gasteiger partial charge on any atom is 0.337 e. The molecular formula is C29H26ClN3O6. The van der Waals surface area contributed by atoms with Gasteiger partial charge < -0.3 is 20.1 Å². The summed E-state index contributed by atoms with van der Waals surface area (Å²) < 4.78 is 10.4. The fraction of sp³-hybridized carbons (Fsp3) is 0.172. The molecule has 0 spiro atoms. The number of nitrogens with one attached hydrogen (secondary N) is 2. The molecule has 10 heteroatoms. The number of esters is 1. The van der Waals surface area contributed by atoms with Crippen LogP contribution in [0.4, 0.5) is 17.1 Å². The van der Waals surface area contributed by atoms with Crippen molar-refractivity contribution >= 4 is 52.4 Å². The lowest BCUT2D eigenvalue weighted by molar-refractivity contribution is -0.120. The third-order valence-corrected chi connectivity index (χ3v) is 6.11.